The van der Waals surface area contributed by atoms with Crippen LogP contribution < -0.4 is 0 Å². The summed E-state index contributed by atoms with van der Waals surface area (Å²) >= 11 is 0. The fraction of sp³-hybridized carbons (Fsp3) is 0.909. The number of likely N-dealkylation sites (N-methyl/N-ethyl adjacent to an activating group) is 1. The second-order valence-electron chi connectivity index (χ2n) is 4.85. The van der Waals surface area contributed by atoms with Crippen LogP contribution in [0.2, 0.25) is 0 Å². The Balaban J connectivity index is 2.81. The molecule has 0 spiro atoms. The Hall–Kier alpha value is -0.660. The lowest BCUT2D eigenvalue weighted by Crippen LogP contribution is -2.50. The van der Waals surface area contributed by atoms with Crippen molar-refractivity contribution in [3.05, 3.63) is 0 Å². The van der Waals surface area contributed by atoms with Crippen molar-refractivity contribution in [3.63, 3.8) is 0 Å². The first kappa shape index (κ1) is 15.4. The largest absolute Gasteiger partial charge is 0.480 e. The number of hydrogen-bond acceptors (Lipinski definition) is 3. The molecule has 0 radical (unpaired) electrons. The second-order valence-corrected chi connectivity index (χ2v) is 6.89. The zero-order valence-electron chi connectivity index (χ0n) is 11.2. The van der Waals surface area contributed by atoms with E-state index >= 15 is 0 Å². The fourth-order valence-corrected chi connectivity index (χ4v) is 3.68. The predicted octanol–water partition coefficient (Wildman–Crippen LogP) is 0.901. The Labute approximate surface area is 109 Å². The van der Waals surface area contributed by atoms with Crippen molar-refractivity contribution in [3.8, 4) is 0 Å². The smallest absolute Gasteiger partial charge is 0.321 e. The Morgan fingerprint density at radius 1 is 1.22 bits per heavy atom. The Morgan fingerprint density at radius 2 is 1.72 bits per heavy atom. The molecular formula is C11H22N2O4S. The van der Waals surface area contributed by atoms with Crippen molar-refractivity contribution < 1.29 is 18.3 Å². The molecule has 0 heterocycles. The summed E-state index contributed by atoms with van der Waals surface area (Å²) < 4.78 is 26.8. The van der Waals surface area contributed by atoms with Crippen molar-refractivity contribution in [2.24, 2.45) is 0 Å². The molecule has 0 aromatic carbocycles. The monoisotopic (exact) mass is 278 g/mol. The van der Waals surface area contributed by atoms with Crippen LogP contribution >= 0.6 is 0 Å². The van der Waals surface area contributed by atoms with Gasteiger partial charge in [-0.2, -0.15) is 17.0 Å². The van der Waals surface area contributed by atoms with Gasteiger partial charge in [0.1, 0.15) is 6.04 Å². The zero-order chi connectivity index (χ0) is 13.9. The predicted molar refractivity (Wildman–Crippen MR) is 68.4 cm³/mol. The SMILES string of the molecule is CC(C(=O)O)N(C)S(=O)(=O)N(C)C1CCCCC1. The van der Waals surface area contributed by atoms with E-state index in [4.69, 9.17) is 5.11 Å². The first-order valence-electron chi connectivity index (χ1n) is 6.22. The first-order chi connectivity index (χ1) is 8.28. The molecule has 1 aliphatic carbocycles. The lowest BCUT2D eigenvalue weighted by molar-refractivity contribution is -0.140. The quantitative estimate of drug-likeness (QED) is 0.810. The van der Waals surface area contributed by atoms with Crippen LogP contribution in [-0.2, 0) is 15.0 Å². The standard InChI is InChI=1S/C11H22N2O4S/c1-9(11(14)15)12(2)18(16,17)13(3)10-7-5-4-6-8-10/h9-10H,4-8H2,1-3H3,(H,14,15). The van der Waals surface area contributed by atoms with E-state index in [1.807, 2.05) is 0 Å². The molecule has 0 aromatic rings. The third-order valence-corrected chi connectivity index (χ3v) is 5.79. The van der Waals surface area contributed by atoms with E-state index in [1.165, 1.54) is 25.3 Å². The van der Waals surface area contributed by atoms with E-state index in [9.17, 15) is 13.2 Å². The highest BCUT2D eigenvalue weighted by Crippen LogP contribution is 2.24. The Morgan fingerprint density at radius 3 is 2.17 bits per heavy atom. The van der Waals surface area contributed by atoms with Gasteiger partial charge in [0, 0.05) is 20.1 Å². The summed E-state index contributed by atoms with van der Waals surface area (Å²) in [7, 11) is -0.846. The Kier molecular flexibility index (Phi) is 5.12. The maximum absolute atomic E-state index is 12.3. The fourth-order valence-electron chi connectivity index (χ4n) is 2.19. The van der Waals surface area contributed by atoms with E-state index in [-0.39, 0.29) is 6.04 Å². The van der Waals surface area contributed by atoms with Crippen molar-refractivity contribution in [2.45, 2.75) is 51.1 Å². The molecule has 7 heteroatoms. The number of carbonyl (C=O) groups is 1. The van der Waals surface area contributed by atoms with E-state index in [0.717, 1.165) is 36.4 Å². The molecular weight excluding hydrogens is 256 g/mol. The average molecular weight is 278 g/mol. The minimum atomic E-state index is -3.70. The van der Waals surface area contributed by atoms with E-state index in [0.29, 0.717) is 0 Å². The van der Waals surface area contributed by atoms with Crippen LogP contribution in [-0.4, -0.2) is 54.3 Å². The number of nitrogens with zero attached hydrogens (tertiary/aromatic N) is 2. The van der Waals surface area contributed by atoms with Gasteiger partial charge in [0.05, 0.1) is 0 Å². The Bertz CT molecular complexity index is 390. The van der Waals surface area contributed by atoms with Crippen LogP contribution in [0.25, 0.3) is 0 Å². The maximum Gasteiger partial charge on any atom is 0.321 e. The minimum Gasteiger partial charge on any atom is -0.480 e. The number of carboxylic acid groups (broad SMARTS) is 1. The number of carboxylic acids is 1. The van der Waals surface area contributed by atoms with Crippen LogP contribution in [0.5, 0.6) is 0 Å². The molecule has 1 unspecified atom stereocenters. The van der Waals surface area contributed by atoms with Gasteiger partial charge >= 0.3 is 5.97 Å². The normalized spacial score (nSPS) is 20.3. The molecule has 0 bridgehead atoms. The number of rotatable bonds is 5. The van der Waals surface area contributed by atoms with Gasteiger partial charge in [0.2, 0.25) is 0 Å². The third-order valence-electron chi connectivity index (χ3n) is 3.72. The number of aliphatic carboxylic acids is 1. The summed E-state index contributed by atoms with van der Waals surface area (Å²) in [5.74, 6) is -1.14. The van der Waals surface area contributed by atoms with Gasteiger partial charge in [-0.05, 0) is 19.8 Å². The van der Waals surface area contributed by atoms with E-state index < -0.39 is 22.2 Å². The molecule has 1 atom stereocenters. The van der Waals surface area contributed by atoms with Crippen LogP contribution in [0, 0.1) is 0 Å². The van der Waals surface area contributed by atoms with Crippen LogP contribution in [0.3, 0.4) is 0 Å². The van der Waals surface area contributed by atoms with Crippen LogP contribution in [0.1, 0.15) is 39.0 Å². The molecule has 1 aliphatic rings. The lowest BCUT2D eigenvalue weighted by Gasteiger charge is -2.34. The van der Waals surface area contributed by atoms with E-state index in [2.05, 4.69) is 0 Å². The van der Waals surface area contributed by atoms with Crippen LogP contribution in [0.4, 0.5) is 0 Å². The van der Waals surface area contributed by atoms with Crippen molar-refractivity contribution in [1.82, 2.24) is 8.61 Å². The molecule has 18 heavy (non-hydrogen) atoms. The minimum absolute atomic E-state index is 0.00723. The second kappa shape index (κ2) is 5.99. The summed E-state index contributed by atoms with van der Waals surface area (Å²) in [6.07, 6.45) is 4.91. The van der Waals surface area contributed by atoms with Crippen molar-refractivity contribution >= 4 is 16.2 Å². The number of hydrogen-bond donors (Lipinski definition) is 1. The molecule has 1 N–H and O–H groups in total. The van der Waals surface area contributed by atoms with Gasteiger partial charge in [-0.15, -0.1) is 0 Å². The average Bonchev–Trinajstić information content (AvgIpc) is 2.36. The molecule has 106 valence electrons. The molecule has 0 saturated heterocycles. The lowest BCUT2D eigenvalue weighted by atomic mass is 9.96. The highest BCUT2D eigenvalue weighted by Gasteiger charge is 2.35. The third kappa shape index (κ3) is 3.21. The molecule has 0 aliphatic heterocycles. The summed E-state index contributed by atoms with van der Waals surface area (Å²) in [5.41, 5.74) is 0. The highest BCUT2D eigenvalue weighted by atomic mass is 32.2. The zero-order valence-corrected chi connectivity index (χ0v) is 12.0. The van der Waals surface area contributed by atoms with Gasteiger partial charge in [-0.25, -0.2) is 0 Å². The molecule has 1 fully saturated rings. The summed E-state index contributed by atoms with van der Waals surface area (Å²) in [6.45, 7) is 1.37. The maximum atomic E-state index is 12.3. The topological polar surface area (TPSA) is 77.9 Å². The van der Waals surface area contributed by atoms with Crippen LogP contribution in [0.15, 0.2) is 0 Å². The van der Waals surface area contributed by atoms with Gasteiger partial charge in [0.25, 0.3) is 10.2 Å². The molecule has 1 rings (SSSR count). The van der Waals surface area contributed by atoms with E-state index in [1.54, 1.807) is 0 Å². The van der Waals surface area contributed by atoms with Gasteiger partial charge in [0.15, 0.2) is 0 Å². The van der Waals surface area contributed by atoms with Gasteiger partial charge < -0.3 is 5.11 Å². The summed E-state index contributed by atoms with van der Waals surface area (Å²) in [4.78, 5) is 10.9. The molecule has 6 nitrogen and oxygen atoms in total. The van der Waals surface area contributed by atoms with Crippen molar-refractivity contribution in [1.29, 1.82) is 0 Å². The summed E-state index contributed by atoms with van der Waals surface area (Å²) in [6, 6.07) is -1.06. The van der Waals surface area contributed by atoms with Gasteiger partial charge in [-0.3, -0.25) is 4.79 Å². The molecule has 0 amide bonds. The summed E-state index contributed by atoms with van der Waals surface area (Å²) in [5, 5.41) is 8.88. The highest BCUT2D eigenvalue weighted by molar-refractivity contribution is 7.86. The first-order valence-corrected chi connectivity index (χ1v) is 7.62. The van der Waals surface area contributed by atoms with Gasteiger partial charge in [-0.1, -0.05) is 19.3 Å². The molecule has 0 aromatic heterocycles. The van der Waals surface area contributed by atoms with Crippen molar-refractivity contribution in [2.75, 3.05) is 14.1 Å². The molecule has 1 saturated carbocycles.